The number of benzene rings is 1. The molecule has 0 bridgehead atoms. The summed E-state index contributed by atoms with van der Waals surface area (Å²) in [5.41, 5.74) is 9.59. The quantitative estimate of drug-likeness (QED) is 0.901. The molecule has 0 amide bonds. The van der Waals surface area contributed by atoms with Crippen LogP contribution in [0.5, 0.6) is 0 Å². The van der Waals surface area contributed by atoms with Gasteiger partial charge in [0.25, 0.3) is 0 Å². The molecule has 1 aromatic carbocycles. The fourth-order valence-electron chi connectivity index (χ4n) is 2.82. The van der Waals surface area contributed by atoms with E-state index in [1.165, 1.54) is 12.5 Å². The number of rotatable bonds is 2. The van der Waals surface area contributed by atoms with Crippen LogP contribution in [0.25, 0.3) is 5.69 Å². The second kappa shape index (κ2) is 4.78. The summed E-state index contributed by atoms with van der Waals surface area (Å²) >= 11 is 0. The minimum atomic E-state index is -0.236. The van der Waals surface area contributed by atoms with Crippen LogP contribution >= 0.6 is 0 Å². The van der Waals surface area contributed by atoms with Crippen molar-refractivity contribution in [3.8, 4) is 5.69 Å². The monoisotopic (exact) mass is 259 g/mol. The molecule has 1 aliphatic carbocycles. The number of nitrogens with zero attached hydrogens (tertiary/aromatic N) is 2. The number of hydrogen-bond acceptors (Lipinski definition) is 2. The summed E-state index contributed by atoms with van der Waals surface area (Å²) < 4.78 is 16.1. The molecule has 1 aliphatic rings. The summed E-state index contributed by atoms with van der Waals surface area (Å²) in [6, 6.07) is 4.88. The van der Waals surface area contributed by atoms with Crippen LogP contribution in [0.1, 0.15) is 42.8 Å². The minimum absolute atomic E-state index is 0.202. The highest BCUT2D eigenvalue weighted by atomic mass is 19.1. The van der Waals surface area contributed by atoms with Crippen molar-refractivity contribution in [3.63, 3.8) is 0 Å². The minimum Gasteiger partial charge on any atom is -0.324 e. The highest BCUT2D eigenvalue weighted by molar-refractivity contribution is 5.46. The Labute approximate surface area is 112 Å². The topological polar surface area (TPSA) is 43.8 Å². The van der Waals surface area contributed by atoms with Crippen LogP contribution < -0.4 is 5.73 Å². The average molecular weight is 259 g/mol. The molecule has 3 nitrogen and oxygen atoms in total. The van der Waals surface area contributed by atoms with Crippen LogP contribution in [0.4, 0.5) is 4.39 Å². The van der Waals surface area contributed by atoms with Gasteiger partial charge in [0, 0.05) is 11.7 Å². The van der Waals surface area contributed by atoms with Crippen LogP contribution in [-0.4, -0.2) is 9.55 Å². The molecule has 1 heterocycles. The smallest absolute Gasteiger partial charge is 0.147 e. The number of para-hydroxylation sites is 1. The first-order valence-corrected chi connectivity index (χ1v) is 6.78. The van der Waals surface area contributed by atoms with E-state index >= 15 is 0 Å². The number of aromatic nitrogens is 2. The van der Waals surface area contributed by atoms with E-state index in [0.717, 1.165) is 36.2 Å². The van der Waals surface area contributed by atoms with Crippen molar-refractivity contribution < 1.29 is 4.39 Å². The van der Waals surface area contributed by atoms with Gasteiger partial charge in [-0.15, -0.1) is 0 Å². The molecular formula is C15H18FN3. The van der Waals surface area contributed by atoms with Crippen LogP contribution in [0.3, 0.4) is 0 Å². The van der Waals surface area contributed by atoms with E-state index in [4.69, 9.17) is 5.73 Å². The largest absolute Gasteiger partial charge is 0.324 e. The third kappa shape index (κ3) is 2.06. The van der Waals surface area contributed by atoms with Crippen molar-refractivity contribution in [2.45, 2.75) is 38.6 Å². The zero-order valence-electron chi connectivity index (χ0n) is 11.1. The Bertz CT molecular complexity index is 601. The maximum atomic E-state index is 14.2. The average Bonchev–Trinajstić information content (AvgIpc) is 2.82. The van der Waals surface area contributed by atoms with E-state index in [2.05, 4.69) is 4.98 Å². The molecule has 0 fully saturated rings. The van der Waals surface area contributed by atoms with Crippen molar-refractivity contribution in [1.82, 2.24) is 9.55 Å². The SMILES string of the molecule is CC(N)c1cccc(F)c1-n1cnc2c1CCCC2. The molecule has 1 atom stereocenters. The number of nitrogens with two attached hydrogens (primary N) is 1. The summed E-state index contributed by atoms with van der Waals surface area (Å²) in [6.45, 7) is 1.88. The third-order valence-corrected chi connectivity index (χ3v) is 3.78. The second-order valence-electron chi connectivity index (χ2n) is 5.18. The summed E-state index contributed by atoms with van der Waals surface area (Å²) in [4.78, 5) is 4.43. The third-order valence-electron chi connectivity index (χ3n) is 3.78. The first-order chi connectivity index (χ1) is 9.18. The first kappa shape index (κ1) is 12.4. The lowest BCUT2D eigenvalue weighted by Gasteiger charge is -2.18. The normalized spacial score (nSPS) is 16.2. The Morgan fingerprint density at radius 1 is 1.32 bits per heavy atom. The lowest BCUT2D eigenvalue weighted by Crippen LogP contribution is -2.14. The Morgan fingerprint density at radius 2 is 2.11 bits per heavy atom. The van der Waals surface area contributed by atoms with E-state index in [1.54, 1.807) is 12.4 Å². The molecule has 100 valence electrons. The molecule has 1 aromatic heterocycles. The molecule has 19 heavy (non-hydrogen) atoms. The van der Waals surface area contributed by atoms with Crippen LogP contribution in [0, 0.1) is 5.82 Å². The molecule has 4 heteroatoms. The van der Waals surface area contributed by atoms with Gasteiger partial charge in [-0.05, 0) is 44.2 Å². The van der Waals surface area contributed by atoms with E-state index in [-0.39, 0.29) is 11.9 Å². The van der Waals surface area contributed by atoms with Gasteiger partial charge in [0.2, 0.25) is 0 Å². The summed E-state index contributed by atoms with van der Waals surface area (Å²) in [5.74, 6) is -0.236. The molecule has 1 unspecified atom stereocenters. The predicted octanol–water partition coefficient (Wildman–Crippen LogP) is 2.91. The van der Waals surface area contributed by atoms with Gasteiger partial charge in [0.1, 0.15) is 5.82 Å². The molecule has 0 radical (unpaired) electrons. The van der Waals surface area contributed by atoms with Crippen molar-refractivity contribution in [3.05, 3.63) is 47.3 Å². The fraction of sp³-hybridized carbons (Fsp3) is 0.400. The Hall–Kier alpha value is -1.68. The Balaban J connectivity index is 2.19. The number of fused-ring (bicyclic) bond motifs is 1. The number of hydrogen-bond donors (Lipinski definition) is 1. The van der Waals surface area contributed by atoms with Crippen LogP contribution in [-0.2, 0) is 12.8 Å². The standard InChI is InChI=1S/C15H18FN3/c1-10(17)11-5-4-6-12(16)15(11)19-9-18-13-7-2-3-8-14(13)19/h4-6,9-10H,2-3,7-8,17H2,1H3. The Morgan fingerprint density at radius 3 is 2.89 bits per heavy atom. The first-order valence-electron chi connectivity index (χ1n) is 6.78. The van der Waals surface area contributed by atoms with Crippen LogP contribution in [0.2, 0.25) is 0 Å². The zero-order chi connectivity index (χ0) is 13.4. The number of imidazole rings is 1. The molecule has 2 aromatic rings. The van der Waals surface area contributed by atoms with Gasteiger partial charge in [-0.1, -0.05) is 12.1 Å². The lowest BCUT2D eigenvalue weighted by molar-refractivity contribution is 0.601. The maximum Gasteiger partial charge on any atom is 0.147 e. The summed E-state index contributed by atoms with van der Waals surface area (Å²) in [7, 11) is 0. The van der Waals surface area contributed by atoms with Gasteiger partial charge in [-0.3, -0.25) is 4.57 Å². The maximum absolute atomic E-state index is 14.2. The molecule has 0 saturated carbocycles. The van der Waals surface area contributed by atoms with Crippen molar-refractivity contribution >= 4 is 0 Å². The van der Waals surface area contributed by atoms with Gasteiger partial charge in [-0.2, -0.15) is 0 Å². The van der Waals surface area contributed by atoms with E-state index < -0.39 is 0 Å². The zero-order valence-corrected chi connectivity index (χ0v) is 11.1. The molecule has 0 saturated heterocycles. The molecule has 0 aliphatic heterocycles. The number of aryl methyl sites for hydroxylation is 1. The van der Waals surface area contributed by atoms with Gasteiger partial charge >= 0.3 is 0 Å². The van der Waals surface area contributed by atoms with Gasteiger partial charge < -0.3 is 5.73 Å². The second-order valence-corrected chi connectivity index (χ2v) is 5.18. The van der Waals surface area contributed by atoms with Gasteiger partial charge in [0.05, 0.1) is 17.7 Å². The molecule has 3 rings (SSSR count). The van der Waals surface area contributed by atoms with Crippen molar-refractivity contribution in [2.75, 3.05) is 0 Å². The lowest BCUT2D eigenvalue weighted by atomic mass is 10.00. The summed E-state index contributed by atoms with van der Waals surface area (Å²) in [5, 5.41) is 0. The Kier molecular flexibility index (Phi) is 3.11. The van der Waals surface area contributed by atoms with Gasteiger partial charge in [-0.25, -0.2) is 9.37 Å². The van der Waals surface area contributed by atoms with E-state index in [9.17, 15) is 4.39 Å². The van der Waals surface area contributed by atoms with Crippen molar-refractivity contribution in [2.24, 2.45) is 5.73 Å². The predicted molar refractivity (Wildman–Crippen MR) is 72.8 cm³/mol. The highest BCUT2D eigenvalue weighted by Crippen LogP contribution is 2.28. The number of halogens is 1. The van der Waals surface area contributed by atoms with Crippen LogP contribution in [0.15, 0.2) is 24.5 Å². The van der Waals surface area contributed by atoms with Gasteiger partial charge in [0.15, 0.2) is 0 Å². The molecule has 2 N–H and O–H groups in total. The molecule has 0 spiro atoms. The van der Waals surface area contributed by atoms with E-state index in [0.29, 0.717) is 5.69 Å². The summed E-state index contributed by atoms with van der Waals surface area (Å²) in [6.07, 6.45) is 5.99. The van der Waals surface area contributed by atoms with Crippen molar-refractivity contribution in [1.29, 1.82) is 0 Å². The molecular weight excluding hydrogens is 241 g/mol. The van der Waals surface area contributed by atoms with E-state index in [1.807, 2.05) is 17.6 Å². The fourth-order valence-corrected chi connectivity index (χ4v) is 2.82. The highest BCUT2D eigenvalue weighted by Gasteiger charge is 2.20.